The van der Waals surface area contributed by atoms with Crippen LogP contribution >= 0.6 is 0 Å². The highest BCUT2D eigenvalue weighted by atomic mass is 16.5. The Bertz CT molecular complexity index is 713. The lowest BCUT2D eigenvalue weighted by Crippen LogP contribution is -2.34. The van der Waals surface area contributed by atoms with Gasteiger partial charge in [0.15, 0.2) is 5.96 Å². The SMILES string of the molecule is CC(CN=C(N)Nc1cccc(Oc2ccccc2)c1)N(C)C1CC1. The lowest BCUT2D eigenvalue weighted by atomic mass is 10.3. The van der Waals surface area contributed by atoms with Crippen LogP contribution in [0, 0.1) is 0 Å². The van der Waals surface area contributed by atoms with Crippen molar-refractivity contribution in [2.24, 2.45) is 10.7 Å². The number of benzene rings is 2. The van der Waals surface area contributed by atoms with Crippen LogP contribution in [0.5, 0.6) is 11.5 Å². The van der Waals surface area contributed by atoms with Crippen LogP contribution in [0.4, 0.5) is 5.69 Å². The van der Waals surface area contributed by atoms with Crippen LogP contribution in [0.1, 0.15) is 19.8 Å². The van der Waals surface area contributed by atoms with Crippen LogP contribution in [0.25, 0.3) is 0 Å². The highest BCUT2D eigenvalue weighted by Crippen LogP contribution is 2.27. The van der Waals surface area contributed by atoms with Gasteiger partial charge in [-0.3, -0.25) is 9.89 Å². The second-order valence-electron chi connectivity index (χ2n) is 6.54. The molecule has 1 saturated carbocycles. The van der Waals surface area contributed by atoms with Crippen molar-refractivity contribution in [3.8, 4) is 11.5 Å². The van der Waals surface area contributed by atoms with E-state index in [-0.39, 0.29) is 0 Å². The molecule has 3 rings (SSSR count). The Kier molecular flexibility index (Phi) is 5.56. The number of ether oxygens (including phenoxy) is 1. The first-order chi connectivity index (χ1) is 12.1. The Morgan fingerprint density at radius 3 is 2.64 bits per heavy atom. The molecule has 5 nitrogen and oxygen atoms in total. The van der Waals surface area contributed by atoms with Gasteiger partial charge in [-0.15, -0.1) is 0 Å². The Morgan fingerprint density at radius 1 is 1.20 bits per heavy atom. The van der Waals surface area contributed by atoms with Gasteiger partial charge < -0.3 is 15.8 Å². The van der Waals surface area contributed by atoms with Gasteiger partial charge in [-0.2, -0.15) is 0 Å². The quantitative estimate of drug-likeness (QED) is 0.597. The zero-order chi connectivity index (χ0) is 17.6. The number of guanidine groups is 1. The van der Waals surface area contributed by atoms with Gasteiger partial charge >= 0.3 is 0 Å². The van der Waals surface area contributed by atoms with E-state index in [9.17, 15) is 0 Å². The first kappa shape index (κ1) is 17.3. The van der Waals surface area contributed by atoms with Gasteiger partial charge in [-0.1, -0.05) is 24.3 Å². The molecule has 3 N–H and O–H groups in total. The van der Waals surface area contributed by atoms with Crippen LogP contribution in [0.3, 0.4) is 0 Å². The first-order valence-corrected chi connectivity index (χ1v) is 8.73. The van der Waals surface area contributed by atoms with E-state index < -0.39 is 0 Å². The molecule has 0 aliphatic heterocycles. The van der Waals surface area contributed by atoms with Crippen molar-refractivity contribution in [1.82, 2.24) is 4.90 Å². The van der Waals surface area contributed by atoms with Crippen molar-refractivity contribution < 1.29 is 4.74 Å². The van der Waals surface area contributed by atoms with E-state index in [4.69, 9.17) is 10.5 Å². The lowest BCUT2D eigenvalue weighted by molar-refractivity contribution is 0.253. The number of likely N-dealkylation sites (N-methyl/N-ethyl adjacent to an activating group) is 1. The fraction of sp³-hybridized carbons (Fsp3) is 0.350. The maximum absolute atomic E-state index is 6.03. The summed E-state index contributed by atoms with van der Waals surface area (Å²) < 4.78 is 5.84. The molecule has 2 aromatic rings. The van der Waals surface area contributed by atoms with Crippen LogP contribution in [0.15, 0.2) is 59.6 Å². The molecular formula is C20H26N4O. The summed E-state index contributed by atoms with van der Waals surface area (Å²) in [4.78, 5) is 6.85. The van der Waals surface area contributed by atoms with Crippen molar-refractivity contribution >= 4 is 11.6 Å². The molecule has 1 unspecified atom stereocenters. The fourth-order valence-corrected chi connectivity index (χ4v) is 2.65. The molecule has 1 atom stereocenters. The van der Waals surface area contributed by atoms with E-state index in [1.807, 2.05) is 54.6 Å². The molecule has 1 aliphatic rings. The van der Waals surface area contributed by atoms with Crippen LogP contribution in [0.2, 0.25) is 0 Å². The summed E-state index contributed by atoms with van der Waals surface area (Å²) in [7, 11) is 2.16. The topological polar surface area (TPSA) is 62.9 Å². The van der Waals surface area contributed by atoms with Gasteiger partial charge in [-0.25, -0.2) is 0 Å². The standard InChI is InChI=1S/C20H26N4O/c1-15(24(2)17-11-12-17)14-22-20(21)23-16-7-6-10-19(13-16)25-18-8-4-3-5-9-18/h3-10,13,15,17H,11-12,14H2,1-2H3,(H3,21,22,23). The molecular weight excluding hydrogens is 312 g/mol. The van der Waals surface area contributed by atoms with Gasteiger partial charge in [0.05, 0.1) is 6.54 Å². The molecule has 1 fully saturated rings. The Labute approximate surface area is 149 Å². The summed E-state index contributed by atoms with van der Waals surface area (Å²) >= 11 is 0. The largest absolute Gasteiger partial charge is 0.457 e. The smallest absolute Gasteiger partial charge is 0.193 e. The molecule has 1 aliphatic carbocycles. The first-order valence-electron chi connectivity index (χ1n) is 8.73. The van der Waals surface area contributed by atoms with Crippen LogP contribution in [-0.2, 0) is 0 Å². The summed E-state index contributed by atoms with van der Waals surface area (Å²) in [6.07, 6.45) is 2.60. The maximum Gasteiger partial charge on any atom is 0.193 e. The minimum absolute atomic E-state index is 0.389. The van der Waals surface area contributed by atoms with Crippen molar-refractivity contribution in [3.05, 3.63) is 54.6 Å². The zero-order valence-corrected chi connectivity index (χ0v) is 14.9. The Balaban J connectivity index is 1.56. The monoisotopic (exact) mass is 338 g/mol. The van der Waals surface area contributed by atoms with Crippen LogP contribution < -0.4 is 15.8 Å². The minimum atomic E-state index is 0.389. The van der Waals surface area contributed by atoms with Crippen molar-refractivity contribution in [3.63, 3.8) is 0 Å². The van der Waals surface area contributed by atoms with E-state index in [0.717, 1.165) is 23.2 Å². The van der Waals surface area contributed by atoms with Gasteiger partial charge in [-0.05, 0) is 51.1 Å². The number of rotatable bonds is 7. The van der Waals surface area contributed by atoms with Crippen molar-refractivity contribution in [2.75, 3.05) is 18.9 Å². The van der Waals surface area contributed by atoms with Crippen molar-refractivity contribution in [2.45, 2.75) is 31.8 Å². The summed E-state index contributed by atoms with van der Waals surface area (Å²) in [5.74, 6) is 1.98. The third-order valence-electron chi connectivity index (χ3n) is 4.43. The highest BCUT2D eigenvalue weighted by molar-refractivity contribution is 5.92. The molecule has 25 heavy (non-hydrogen) atoms. The molecule has 0 heterocycles. The average molecular weight is 338 g/mol. The predicted molar refractivity (Wildman–Crippen MR) is 103 cm³/mol. The summed E-state index contributed by atoms with van der Waals surface area (Å²) in [6, 6.07) is 18.5. The molecule has 132 valence electrons. The molecule has 0 aromatic heterocycles. The summed E-state index contributed by atoms with van der Waals surface area (Å²) in [5.41, 5.74) is 6.89. The maximum atomic E-state index is 6.03. The fourth-order valence-electron chi connectivity index (χ4n) is 2.65. The molecule has 0 saturated heterocycles. The van der Waals surface area contributed by atoms with E-state index in [0.29, 0.717) is 18.5 Å². The third kappa shape index (κ3) is 5.22. The number of nitrogens with two attached hydrogens (primary N) is 1. The molecule has 0 radical (unpaired) electrons. The number of anilines is 1. The number of hydrogen-bond donors (Lipinski definition) is 2. The van der Waals surface area contributed by atoms with E-state index >= 15 is 0 Å². The number of nitrogens with zero attached hydrogens (tertiary/aromatic N) is 2. The molecule has 0 amide bonds. The number of para-hydroxylation sites is 1. The van der Waals surface area contributed by atoms with Gasteiger partial charge in [0, 0.05) is 23.8 Å². The van der Waals surface area contributed by atoms with E-state index in [1.165, 1.54) is 12.8 Å². The normalized spacial score (nSPS) is 15.9. The second-order valence-corrected chi connectivity index (χ2v) is 6.54. The van der Waals surface area contributed by atoms with Crippen molar-refractivity contribution in [1.29, 1.82) is 0 Å². The zero-order valence-electron chi connectivity index (χ0n) is 14.9. The van der Waals surface area contributed by atoms with Gasteiger partial charge in [0.1, 0.15) is 11.5 Å². The molecule has 0 bridgehead atoms. The predicted octanol–water partition coefficient (Wildman–Crippen LogP) is 3.69. The lowest BCUT2D eigenvalue weighted by Gasteiger charge is -2.22. The highest BCUT2D eigenvalue weighted by Gasteiger charge is 2.28. The number of hydrogen-bond acceptors (Lipinski definition) is 3. The third-order valence-corrected chi connectivity index (χ3v) is 4.43. The molecule has 0 spiro atoms. The number of nitrogens with one attached hydrogen (secondary N) is 1. The van der Waals surface area contributed by atoms with E-state index in [2.05, 4.69) is 29.2 Å². The van der Waals surface area contributed by atoms with Gasteiger partial charge in [0.25, 0.3) is 0 Å². The minimum Gasteiger partial charge on any atom is -0.457 e. The summed E-state index contributed by atoms with van der Waals surface area (Å²) in [5, 5.41) is 3.14. The Hall–Kier alpha value is -2.53. The van der Waals surface area contributed by atoms with E-state index in [1.54, 1.807) is 0 Å². The number of aliphatic imine (C=N–C) groups is 1. The molecule has 5 heteroatoms. The summed E-state index contributed by atoms with van der Waals surface area (Å²) in [6.45, 7) is 2.87. The average Bonchev–Trinajstić information content (AvgIpc) is 3.45. The molecule has 2 aromatic carbocycles. The van der Waals surface area contributed by atoms with Gasteiger partial charge in [0.2, 0.25) is 0 Å². The van der Waals surface area contributed by atoms with Crippen LogP contribution in [-0.4, -0.2) is 36.5 Å². The second kappa shape index (κ2) is 8.03. The Morgan fingerprint density at radius 2 is 1.92 bits per heavy atom.